The number of fused-ring (bicyclic) bond motifs is 6. The number of aromatic nitrogens is 3. The number of thiazole rings is 1. The van der Waals surface area contributed by atoms with Crippen molar-refractivity contribution in [3.63, 3.8) is 0 Å². The molecule has 0 bridgehead atoms. The van der Waals surface area contributed by atoms with Crippen LogP contribution in [0.15, 0.2) is 78.9 Å². The zero-order valence-electron chi connectivity index (χ0n) is 33.0. The van der Waals surface area contributed by atoms with Crippen LogP contribution in [0.5, 0.6) is 0 Å². The molecule has 0 fully saturated rings. The lowest BCUT2D eigenvalue weighted by Gasteiger charge is -2.16. The van der Waals surface area contributed by atoms with Gasteiger partial charge in [-0.3, -0.25) is 0 Å². The third kappa shape index (κ3) is 8.43. The van der Waals surface area contributed by atoms with E-state index >= 15 is 0 Å². The fraction of sp³-hybridized carbons (Fsp3) is 0.367. The van der Waals surface area contributed by atoms with Gasteiger partial charge in [-0.25, -0.2) is 15.0 Å². The van der Waals surface area contributed by atoms with Crippen molar-refractivity contribution in [3.05, 3.63) is 101 Å². The molecule has 0 aliphatic carbocycles. The second-order valence-electron chi connectivity index (χ2n) is 15.5. The Hall–Kier alpha value is -3.97. The van der Waals surface area contributed by atoms with E-state index in [1.807, 2.05) is 22.7 Å². The van der Waals surface area contributed by atoms with E-state index in [9.17, 15) is 0 Å². The first kappa shape index (κ1) is 37.9. The van der Waals surface area contributed by atoms with Crippen molar-refractivity contribution in [2.45, 2.75) is 118 Å². The summed E-state index contributed by atoms with van der Waals surface area (Å²) in [6.45, 7) is 9.10. The summed E-state index contributed by atoms with van der Waals surface area (Å²) >= 11 is 5.51. The molecule has 0 amide bonds. The maximum Gasteiger partial charge on any atom is 0.189 e. The smallest absolute Gasteiger partial charge is 0.189 e. The molecule has 3 nitrogen and oxygen atoms in total. The topological polar surface area (TPSA) is 38.7 Å². The van der Waals surface area contributed by atoms with Crippen LogP contribution in [0.25, 0.3) is 73.1 Å². The normalized spacial score (nSPS) is 11.9. The van der Waals surface area contributed by atoms with Crippen LogP contribution in [-0.4, -0.2) is 15.0 Å². The standard InChI is InChI=1S/C49H53N3S3/c1-5-7-9-11-13-15-19-34-29-39(35(28-33(34)4)20-16-14-12-10-8-6-2)42-31-41(50-48(51-42)49-52-40-21-17-18-22-43(40)55-49)36-24-26-38-45(30-36)54-46-37-25-23-32(3)27-44(37)53-47(38)46/h17-18,21-31H,5-16,19-20H2,1-4H3. The third-order valence-corrected chi connectivity index (χ3v) is 14.7. The lowest BCUT2D eigenvalue weighted by atomic mass is 9.91. The zero-order valence-corrected chi connectivity index (χ0v) is 35.4. The zero-order chi connectivity index (χ0) is 37.7. The summed E-state index contributed by atoms with van der Waals surface area (Å²) in [6, 6.07) is 29.4. The molecule has 6 heteroatoms. The van der Waals surface area contributed by atoms with Gasteiger partial charge in [0.25, 0.3) is 0 Å². The van der Waals surface area contributed by atoms with Gasteiger partial charge in [-0.15, -0.1) is 34.0 Å². The van der Waals surface area contributed by atoms with Gasteiger partial charge in [-0.2, -0.15) is 0 Å². The summed E-state index contributed by atoms with van der Waals surface area (Å²) in [6.07, 6.45) is 17.8. The van der Waals surface area contributed by atoms with E-state index in [1.165, 1.54) is 134 Å². The molecule has 0 N–H and O–H groups in total. The van der Waals surface area contributed by atoms with Gasteiger partial charge >= 0.3 is 0 Å². The highest BCUT2D eigenvalue weighted by Crippen LogP contribution is 2.45. The maximum atomic E-state index is 5.40. The Bertz CT molecular complexity index is 2540. The number of aryl methyl sites for hydroxylation is 4. The number of hydrogen-bond donors (Lipinski definition) is 0. The molecular formula is C49H53N3S3. The fourth-order valence-electron chi connectivity index (χ4n) is 8.04. The van der Waals surface area contributed by atoms with E-state index in [-0.39, 0.29) is 0 Å². The van der Waals surface area contributed by atoms with Gasteiger partial charge in [0, 0.05) is 31.3 Å². The average Bonchev–Trinajstić information content (AvgIpc) is 3.89. The molecule has 4 heterocycles. The summed E-state index contributed by atoms with van der Waals surface area (Å²) in [5, 5.41) is 3.58. The van der Waals surface area contributed by atoms with Crippen LogP contribution in [0, 0.1) is 13.8 Å². The minimum absolute atomic E-state index is 0.714. The van der Waals surface area contributed by atoms with E-state index < -0.39 is 0 Å². The maximum absolute atomic E-state index is 5.40. The highest BCUT2D eigenvalue weighted by atomic mass is 32.1. The van der Waals surface area contributed by atoms with E-state index in [4.69, 9.17) is 15.0 Å². The second-order valence-corrected chi connectivity index (χ2v) is 18.6. The first-order valence-corrected chi connectivity index (χ1v) is 23.2. The van der Waals surface area contributed by atoms with Gasteiger partial charge in [-0.05, 0) is 98.2 Å². The number of thiophene rings is 2. The molecule has 0 spiro atoms. The minimum atomic E-state index is 0.714. The van der Waals surface area contributed by atoms with Gasteiger partial charge in [-0.1, -0.05) is 121 Å². The molecule has 0 atom stereocenters. The molecule has 55 heavy (non-hydrogen) atoms. The van der Waals surface area contributed by atoms with Gasteiger partial charge in [0.05, 0.1) is 31.0 Å². The summed E-state index contributed by atoms with van der Waals surface area (Å²) in [7, 11) is 0. The number of hydrogen-bond acceptors (Lipinski definition) is 6. The SMILES string of the molecule is CCCCCCCCc1cc(-c2cc(-c3ccc4c(c3)sc3c5ccc(C)cc5sc43)nc(-c3nc4ccccc4s3)n2)c(CCCCCCCC)cc1C. The number of unbranched alkanes of at least 4 members (excludes halogenated alkanes) is 10. The van der Waals surface area contributed by atoms with Gasteiger partial charge in [0.2, 0.25) is 0 Å². The first-order chi connectivity index (χ1) is 27.0. The van der Waals surface area contributed by atoms with Gasteiger partial charge < -0.3 is 0 Å². The molecule has 8 aromatic rings. The summed E-state index contributed by atoms with van der Waals surface area (Å²) in [5.74, 6) is 0.714. The molecule has 0 saturated heterocycles. The Morgan fingerprint density at radius 3 is 1.87 bits per heavy atom. The molecule has 0 aliphatic heterocycles. The number of nitrogens with zero attached hydrogens (tertiary/aromatic N) is 3. The van der Waals surface area contributed by atoms with E-state index in [2.05, 4.69) is 107 Å². The van der Waals surface area contributed by atoms with E-state index in [0.717, 1.165) is 45.0 Å². The van der Waals surface area contributed by atoms with E-state index in [0.29, 0.717) is 5.82 Å². The van der Waals surface area contributed by atoms with Crippen LogP contribution in [0.2, 0.25) is 0 Å². The monoisotopic (exact) mass is 779 g/mol. The Labute approximate surface area is 338 Å². The Morgan fingerprint density at radius 1 is 0.509 bits per heavy atom. The summed E-state index contributed by atoms with van der Waals surface area (Å²) in [4.78, 5) is 15.8. The van der Waals surface area contributed by atoms with Crippen LogP contribution in [0.1, 0.15) is 113 Å². The van der Waals surface area contributed by atoms with Crippen LogP contribution in [0.3, 0.4) is 0 Å². The fourth-order valence-corrected chi connectivity index (χ4v) is 11.7. The lowest BCUT2D eigenvalue weighted by molar-refractivity contribution is 0.605. The minimum Gasteiger partial charge on any atom is -0.233 e. The predicted octanol–water partition coefficient (Wildman–Crippen LogP) is 16.1. The van der Waals surface area contributed by atoms with Crippen molar-refractivity contribution in [2.75, 3.05) is 0 Å². The molecular weight excluding hydrogens is 727 g/mol. The quantitative estimate of drug-likeness (QED) is 0.0864. The van der Waals surface area contributed by atoms with Crippen LogP contribution in [0.4, 0.5) is 0 Å². The molecule has 0 saturated carbocycles. The average molecular weight is 780 g/mol. The number of benzene rings is 4. The van der Waals surface area contributed by atoms with Crippen LogP contribution in [-0.2, 0) is 12.8 Å². The van der Waals surface area contributed by atoms with E-state index in [1.54, 1.807) is 11.3 Å². The van der Waals surface area contributed by atoms with Gasteiger partial charge in [0.15, 0.2) is 10.8 Å². The molecule has 0 aliphatic rings. The Morgan fingerprint density at radius 2 is 1.15 bits per heavy atom. The number of rotatable bonds is 17. The Kier molecular flexibility index (Phi) is 12.0. The highest BCUT2D eigenvalue weighted by Gasteiger charge is 2.19. The van der Waals surface area contributed by atoms with Crippen molar-refractivity contribution < 1.29 is 0 Å². The predicted molar refractivity (Wildman–Crippen MR) is 243 cm³/mol. The van der Waals surface area contributed by atoms with Crippen molar-refractivity contribution in [1.82, 2.24) is 15.0 Å². The molecule has 4 aromatic heterocycles. The molecule has 0 unspecified atom stereocenters. The summed E-state index contributed by atoms with van der Waals surface area (Å²) < 4.78 is 6.63. The molecule has 4 aromatic carbocycles. The van der Waals surface area contributed by atoms with Gasteiger partial charge in [0.1, 0.15) is 0 Å². The number of para-hydroxylation sites is 1. The first-order valence-electron chi connectivity index (χ1n) is 20.7. The highest BCUT2D eigenvalue weighted by molar-refractivity contribution is 7.36. The van der Waals surface area contributed by atoms with Crippen molar-refractivity contribution in [3.8, 4) is 33.3 Å². The molecule has 8 rings (SSSR count). The summed E-state index contributed by atoms with van der Waals surface area (Å²) in [5.41, 5.74) is 11.0. The second kappa shape index (κ2) is 17.4. The Balaban J connectivity index is 1.22. The van der Waals surface area contributed by atoms with Crippen molar-refractivity contribution in [2.24, 2.45) is 0 Å². The largest absolute Gasteiger partial charge is 0.233 e. The third-order valence-electron chi connectivity index (χ3n) is 11.2. The van der Waals surface area contributed by atoms with Crippen molar-refractivity contribution in [1.29, 1.82) is 0 Å². The lowest BCUT2D eigenvalue weighted by Crippen LogP contribution is -2.01. The molecule has 282 valence electrons. The molecule has 0 radical (unpaired) electrons. The van der Waals surface area contributed by atoms with Crippen molar-refractivity contribution >= 4 is 73.8 Å². The van der Waals surface area contributed by atoms with Crippen LogP contribution >= 0.6 is 34.0 Å². The van der Waals surface area contributed by atoms with Crippen LogP contribution < -0.4 is 0 Å².